The first-order valence-corrected chi connectivity index (χ1v) is 8.80. The average Bonchev–Trinajstić information content (AvgIpc) is 2.74. The molecule has 7 nitrogen and oxygen atoms in total. The Bertz CT molecular complexity index is 1100. The van der Waals surface area contributed by atoms with E-state index in [1.807, 2.05) is 24.3 Å². The van der Waals surface area contributed by atoms with Crippen molar-refractivity contribution < 1.29 is 19.1 Å². The van der Waals surface area contributed by atoms with Crippen LogP contribution in [0.4, 0.5) is 11.4 Å². The number of hydrogen-bond acceptors (Lipinski definition) is 5. The second-order valence-corrected chi connectivity index (χ2v) is 6.22. The molecule has 2 aromatic carbocycles. The van der Waals surface area contributed by atoms with Gasteiger partial charge in [0.05, 0.1) is 23.9 Å². The highest BCUT2D eigenvalue weighted by Gasteiger charge is 2.10. The molecular formula is C22H19N3O4. The molecule has 0 saturated heterocycles. The number of nitrogens with one attached hydrogen (secondary N) is 2. The van der Waals surface area contributed by atoms with E-state index in [4.69, 9.17) is 0 Å². The maximum Gasteiger partial charge on any atom is 0.337 e. The van der Waals surface area contributed by atoms with E-state index >= 15 is 0 Å². The number of pyridine rings is 1. The Morgan fingerprint density at radius 1 is 0.966 bits per heavy atom. The lowest BCUT2D eigenvalue weighted by Crippen LogP contribution is -2.16. The van der Waals surface area contributed by atoms with Crippen LogP contribution in [0.5, 0.6) is 0 Å². The molecule has 0 saturated carbocycles. The van der Waals surface area contributed by atoms with E-state index in [1.165, 1.54) is 13.2 Å². The second-order valence-electron chi connectivity index (χ2n) is 6.22. The lowest BCUT2D eigenvalue weighted by Gasteiger charge is -2.08. The maximum absolute atomic E-state index is 12.3. The van der Waals surface area contributed by atoms with Crippen molar-refractivity contribution in [3.8, 4) is 0 Å². The van der Waals surface area contributed by atoms with Gasteiger partial charge in [-0.25, -0.2) is 4.79 Å². The van der Waals surface area contributed by atoms with E-state index in [2.05, 4.69) is 20.4 Å². The van der Waals surface area contributed by atoms with Gasteiger partial charge < -0.3 is 15.4 Å². The highest BCUT2D eigenvalue weighted by Crippen LogP contribution is 2.20. The van der Waals surface area contributed by atoms with Crippen LogP contribution >= 0.6 is 0 Å². The van der Waals surface area contributed by atoms with Gasteiger partial charge in [-0.05, 0) is 43.3 Å². The summed E-state index contributed by atoms with van der Waals surface area (Å²) in [5, 5.41) is 6.33. The molecule has 2 amide bonds. The van der Waals surface area contributed by atoms with Crippen LogP contribution in [0, 0.1) is 0 Å². The number of carbonyl (C=O) groups is 3. The summed E-state index contributed by atoms with van der Waals surface area (Å²) < 4.78 is 4.63. The van der Waals surface area contributed by atoms with Gasteiger partial charge in [0, 0.05) is 28.9 Å². The molecule has 0 aliphatic carbocycles. The summed E-state index contributed by atoms with van der Waals surface area (Å²) in [7, 11) is 1.30. The van der Waals surface area contributed by atoms with Gasteiger partial charge in [0.1, 0.15) is 0 Å². The van der Waals surface area contributed by atoms with Gasteiger partial charge in [-0.2, -0.15) is 0 Å². The summed E-state index contributed by atoms with van der Waals surface area (Å²) >= 11 is 0. The van der Waals surface area contributed by atoms with Crippen LogP contribution in [0.3, 0.4) is 0 Å². The van der Waals surface area contributed by atoms with Gasteiger partial charge in [-0.15, -0.1) is 0 Å². The molecule has 0 aliphatic rings. The Balaban J connectivity index is 1.67. The van der Waals surface area contributed by atoms with Crippen LogP contribution in [-0.2, 0) is 14.3 Å². The largest absolute Gasteiger partial charge is 0.465 e. The summed E-state index contributed by atoms with van der Waals surface area (Å²) in [6.45, 7) is 1.54. The third-order valence-electron chi connectivity index (χ3n) is 4.16. The topological polar surface area (TPSA) is 97.4 Å². The van der Waals surface area contributed by atoms with E-state index in [0.29, 0.717) is 22.5 Å². The van der Waals surface area contributed by atoms with E-state index in [9.17, 15) is 14.4 Å². The molecule has 2 N–H and O–H groups in total. The zero-order chi connectivity index (χ0) is 20.8. The van der Waals surface area contributed by atoms with Crippen molar-refractivity contribution >= 4 is 40.1 Å². The summed E-state index contributed by atoms with van der Waals surface area (Å²) in [4.78, 5) is 40.4. The van der Waals surface area contributed by atoms with Gasteiger partial charge in [-0.3, -0.25) is 14.6 Å². The van der Waals surface area contributed by atoms with Crippen molar-refractivity contribution in [3.05, 3.63) is 78.0 Å². The number of benzene rings is 2. The van der Waals surface area contributed by atoms with Crippen LogP contribution < -0.4 is 10.6 Å². The second kappa shape index (κ2) is 8.79. The molecule has 7 heteroatoms. The van der Waals surface area contributed by atoms with Crippen molar-refractivity contribution in [1.29, 1.82) is 0 Å². The average molecular weight is 389 g/mol. The highest BCUT2D eigenvalue weighted by molar-refractivity contribution is 6.11. The van der Waals surface area contributed by atoms with Crippen LogP contribution in [-0.4, -0.2) is 29.9 Å². The van der Waals surface area contributed by atoms with Gasteiger partial charge in [0.15, 0.2) is 0 Å². The van der Waals surface area contributed by atoms with E-state index < -0.39 is 17.8 Å². The summed E-state index contributed by atoms with van der Waals surface area (Å²) in [6, 6.07) is 15.4. The fourth-order valence-electron chi connectivity index (χ4n) is 2.67. The Kier molecular flexibility index (Phi) is 5.99. The summed E-state index contributed by atoms with van der Waals surface area (Å²) in [6.07, 6.45) is 2.87. The summed E-state index contributed by atoms with van der Waals surface area (Å²) in [5.74, 6) is -1.32. The Labute approximate surface area is 167 Å². The van der Waals surface area contributed by atoms with Gasteiger partial charge in [-0.1, -0.05) is 18.2 Å². The highest BCUT2D eigenvalue weighted by atomic mass is 16.5. The number of fused-ring (bicyclic) bond motifs is 1. The van der Waals surface area contributed by atoms with Gasteiger partial charge in [0.25, 0.3) is 5.91 Å². The molecule has 3 rings (SSSR count). The minimum Gasteiger partial charge on any atom is -0.465 e. The zero-order valence-electron chi connectivity index (χ0n) is 15.9. The molecular weight excluding hydrogens is 370 g/mol. The number of aromatic nitrogens is 1. The number of hydrogen-bond donors (Lipinski definition) is 2. The van der Waals surface area contributed by atoms with Crippen LogP contribution in [0.1, 0.15) is 17.3 Å². The third kappa shape index (κ3) is 4.84. The predicted octanol–water partition coefficient (Wildman–Crippen LogP) is 3.54. The fraction of sp³-hybridized carbons (Fsp3) is 0.0909. The van der Waals surface area contributed by atoms with E-state index in [-0.39, 0.29) is 5.57 Å². The van der Waals surface area contributed by atoms with Gasteiger partial charge >= 0.3 is 5.97 Å². The molecule has 0 atom stereocenters. The Morgan fingerprint density at radius 3 is 2.41 bits per heavy atom. The quantitative estimate of drug-likeness (QED) is 0.514. The van der Waals surface area contributed by atoms with Crippen LogP contribution in [0.15, 0.2) is 72.4 Å². The van der Waals surface area contributed by atoms with Crippen molar-refractivity contribution in [2.75, 3.05) is 17.7 Å². The first-order chi connectivity index (χ1) is 14.0. The summed E-state index contributed by atoms with van der Waals surface area (Å²) in [5.41, 5.74) is 2.34. The normalized spacial score (nSPS) is 11.0. The number of carbonyl (C=O) groups excluding carboxylic acids is 3. The Morgan fingerprint density at radius 2 is 1.69 bits per heavy atom. The number of rotatable bonds is 5. The lowest BCUT2D eigenvalue weighted by atomic mass is 10.2. The third-order valence-corrected chi connectivity index (χ3v) is 4.16. The molecule has 0 bridgehead atoms. The number of amides is 2. The van der Waals surface area contributed by atoms with Crippen molar-refractivity contribution in [2.24, 2.45) is 0 Å². The van der Waals surface area contributed by atoms with Crippen molar-refractivity contribution in [2.45, 2.75) is 6.92 Å². The molecule has 0 aliphatic heterocycles. The lowest BCUT2D eigenvalue weighted by molar-refractivity contribution is -0.114. The van der Waals surface area contributed by atoms with Gasteiger partial charge in [0.2, 0.25) is 5.91 Å². The smallest absolute Gasteiger partial charge is 0.337 e. The monoisotopic (exact) mass is 389 g/mol. The molecule has 29 heavy (non-hydrogen) atoms. The van der Waals surface area contributed by atoms with E-state index in [1.54, 1.807) is 43.5 Å². The molecule has 0 spiro atoms. The number of para-hydroxylation sites is 1. The zero-order valence-corrected chi connectivity index (χ0v) is 15.9. The molecule has 0 radical (unpaired) electrons. The van der Waals surface area contributed by atoms with E-state index in [0.717, 1.165) is 5.39 Å². The fourth-order valence-corrected chi connectivity index (χ4v) is 2.67. The number of ether oxygens (including phenoxy) is 1. The molecule has 0 fully saturated rings. The van der Waals surface area contributed by atoms with Crippen LogP contribution in [0.25, 0.3) is 10.9 Å². The molecule has 0 unspecified atom stereocenters. The minimum absolute atomic E-state index is 0.229. The van der Waals surface area contributed by atoms with Crippen molar-refractivity contribution in [3.63, 3.8) is 0 Å². The minimum atomic E-state index is -0.460. The van der Waals surface area contributed by atoms with Crippen molar-refractivity contribution in [1.82, 2.24) is 4.98 Å². The number of anilines is 2. The SMILES string of the molecule is COC(=O)c1ccc(NC(=O)/C(C)=C/C(=O)Nc2cccc3cccnc23)cc1. The molecule has 3 aromatic rings. The molecule has 1 heterocycles. The standard InChI is InChI=1S/C22H19N3O4/c1-14(21(27)24-17-10-8-16(9-11-17)22(28)29-2)13-19(26)25-18-7-3-5-15-6-4-12-23-20(15)18/h3-13H,1-2H3,(H,24,27)(H,25,26)/b14-13+. The Hall–Kier alpha value is -4.00. The number of methoxy groups -OCH3 is 1. The molecule has 146 valence electrons. The number of nitrogens with zero attached hydrogens (tertiary/aromatic N) is 1. The predicted molar refractivity (Wildman–Crippen MR) is 111 cm³/mol. The van der Waals surface area contributed by atoms with Crippen LogP contribution in [0.2, 0.25) is 0 Å². The first kappa shape index (κ1) is 19.8. The maximum atomic E-state index is 12.3. The first-order valence-electron chi connectivity index (χ1n) is 8.80. The molecule has 1 aromatic heterocycles. The number of esters is 1.